The highest BCUT2D eigenvalue weighted by molar-refractivity contribution is 5.31. The molecule has 0 saturated carbocycles. The molecule has 0 heterocycles. The number of nitrogens with two attached hydrogens (primary N) is 1. The van der Waals surface area contributed by atoms with Gasteiger partial charge >= 0.3 is 0 Å². The quantitative estimate of drug-likeness (QED) is 0.887. The summed E-state index contributed by atoms with van der Waals surface area (Å²) in [4.78, 5) is 0. The van der Waals surface area contributed by atoms with Crippen LogP contribution in [0, 0.1) is 5.82 Å². The zero-order chi connectivity index (χ0) is 15.2. The van der Waals surface area contributed by atoms with Gasteiger partial charge in [0.15, 0.2) is 11.6 Å². The van der Waals surface area contributed by atoms with Gasteiger partial charge in [-0.1, -0.05) is 18.2 Å². The number of rotatable bonds is 6. The Balaban J connectivity index is 2.02. The summed E-state index contributed by atoms with van der Waals surface area (Å²) in [6.45, 7) is 2.19. The van der Waals surface area contributed by atoms with Gasteiger partial charge in [0.2, 0.25) is 0 Å². The topological polar surface area (TPSA) is 44.5 Å². The standard InChI is InChI=1S/C17H20FNO2/c1-12(19)8-13-6-7-17(16(18)10-13)21-11-14-4-3-5-15(9-14)20-2/h3-7,9-10,12H,8,11,19H2,1-2H3. The summed E-state index contributed by atoms with van der Waals surface area (Å²) in [5.74, 6) is 0.631. The van der Waals surface area contributed by atoms with Crippen molar-refractivity contribution in [3.05, 3.63) is 59.4 Å². The van der Waals surface area contributed by atoms with Gasteiger partial charge in [0.25, 0.3) is 0 Å². The molecule has 0 spiro atoms. The largest absolute Gasteiger partial charge is 0.497 e. The van der Waals surface area contributed by atoms with Gasteiger partial charge in [0.1, 0.15) is 12.4 Å². The van der Waals surface area contributed by atoms with E-state index >= 15 is 0 Å². The summed E-state index contributed by atoms with van der Waals surface area (Å²) < 4.78 is 24.6. The molecule has 1 atom stereocenters. The lowest BCUT2D eigenvalue weighted by Gasteiger charge is -2.10. The van der Waals surface area contributed by atoms with Crippen molar-refractivity contribution in [3.63, 3.8) is 0 Å². The summed E-state index contributed by atoms with van der Waals surface area (Å²) in [7, 11) is 1.61. The van der Waals surface area contributed by atoms with Crippen molar-refractivity contribution in [3.8, 4) is 11.5 Å². The van der Waals surface area contributed by atoms with Gasteiger partial charge in [-0.3, -0.25) is 0 Å². The Kier molecular flexibility index (Phi) is 5.17. The molecule has 2 rings (SSSR count). The van der Waals surface area contributed by atoms with Crippen LogP contribution in [0.3, 0.4) is 0 Å². The smallest absolute Gasteiger partial charge is 0.165 e. The maximum Gasteiger partial charge on any atom is 0.165 e. The third kappa shape index (κ3) is 4.46. The molecule has 112 valence electrons. The molecule has 0 radical (unpaired) electrons. The Morgan fingerprint density at radius 3 is 2.62 bits per heavy atom. The molecule has 3 nitrogen and oxygen atoms in total. The molecule has 1 unspecified atom stereocenters. The Morgan fingerprint density at radius 2 is 1.95 bits per heavy atom. The van der Waals surface area contributed by atoms with E-state index in [1.165, 1.54) is 6.07 Å². The van der Waals surface area contributed by atoms with Crippen molar-refractivity contribution in [1.29, 1.82) is 0 Å². The van der Waals surface area contributed by atoms with Crippen LogP contribution in [0.4, 0.5) is 4.39 Å². The zero-order valence-electron chi connectivity index (χ0n) is 12.3. The molecule has 0 saturated heterocycles. The Bertz CT molecular complexity index is 599. The first-order valence-corrected chi connectivity index (χ1v) is 6.88. The van der Waals surface area contributed by atoms with E-state index in [2.05, 4.69) is 0 Å². The molecule has 21 heavy (non-hydrogen) atoms. The lowest BCUT2D eigenvalue weighted by atomic mass is 10.1. The molecular formula is C17H20FNO2. The van der Waals surface area contributed by atoms with Gasteiger partial charge in [-0.25, -0.2) is 4.39 Å². The number of methoxy groups -OCH3 is 1. The lowest BCUT2D eigenvalue weighted by molar-refractivity contribution is 0.289. The van der Waals surface area contributed by atoms with Gasteiger partial charge in [-0.05, 0) is 48.7 Å². The van der Waals surface area contributed by atoms with Crippen LogP contribution in [0.1, 0.15) is 18.1 Å². The molecule has 0 amide bonds. The fraction of sp³-hybridized carbons (Fsp3) is 0.294. The summed E-state index contributed by atoms with van der Waals surface area (Å²) >= 11 is 0. The predicted molar refractivity (Wildman–Crippen MR) is 81.1 cm³/mol. The van der Waals surface area contributed by atoms with Crippen LogP contribution in [-0.2, 0) is 13.0 Å². The number of halogens is 1. The maximum atomic E-state index is 14.0. The summed E-state index contributed by atoms with van der Waals surface area (Å²) in [6, 6.07) is 12.5. The molecule has 2 N–H and O–H groups in total. The second-order valence-corrected chi connectivity index (χ2v) is 5.09. The second-order valence-electron chi connectivity index (χ2n) is 5.09. The van der Waals surface area contributed by atoms with E-state index in [0.717, 1.165) is 16.9 Å². The fourth-order valence-electron chi connectivity index (χ4n) is 2.08. The van der Waals surface area contributed by atoms with E-state index in [1.807, 2.05) is 37.3 Å². The lowest BCUT2D eigenvalue weighted by Crippen LogP contribution is -2.17. The maximum absolute atomic E-state index is 14.0. The first-order chi connectivity index (χ1) is 10.1. The van der Waals surface area contributed by atoms with Crippen LogP contribution < -0.4 is 15.2 Å². The highest BCUT2D eigenvalue weighted by Crippen LogP contribution is 2.21. The summed E-state index contributed by atoms with van der Waals surface area (Å²) in [5.41, 5.74) is 7.50. The highest BCUT2D eigenvalue weighted by Gasteiger charge is 2.07. The van der Waals surface area contributed by atoms with Crippen LogP contribution in [0.2, 0.25) is 0 Å². The number of ether oxygens (including phenoxy) is 2. The monoisotopic (exact) mass is 289 g/mol. The van der Waals surface area contributed by atoms with Gasteiger partial charge in [-0.15, -0.1) is 0 Å². The molecule has 2 aromatic carbocycles. The molecule has 0 aliphatic carbocycles. The average Bonchev–Trinajstić information content (AvgIpc) is 2.46. The normalized spacial score (nSPS) is 12.0. The summed E-state index contributed by atoms with van der Waals surface area (Å²) in [6.07, 6.45) is 0.646. The number of hydrogen-bond acceptors (Lipinski definition) is 3. The van der Waals surface area contributed by atoms with Crippen molar-refractivity contribution in [2.75, 3.05) is 7.11 Å². The SMILES string of the molecule is COc1cccc(COc2ccc(CC(C)N)cc2F)c1. The van der Waals surface area contributed by atoms with E-state index in [9.17, 15) is 4.39 Å². The third-order valence-corrected chi connectivity index (χ3v) is 3.08. The second kappa shape index (κ2) is 7.09. The van der Waals surface area contributed by atoms with E-state index in [0.29, 0.717) is 13.0 Å². The molecule has 4 heteroatoms. The van der Waals surface area contributed by atoms with Gasteiger partial charge in [0.05, 0.1) is 7.11 Å². The number of benzene rings is 2. The Labute approximate surface area is 124 Å². The molecule has 0 aliphatic rings. The highest BCUT2D eigenvalue weighted by atomic mass is 19.1. The molecule has 0 aliphatic heterocycles. The minimum Gasteiger partial charge on any atom is -0.497 e. The van der Waals surface area contributed by atoms with Crippen molar-refractivity contribution in [2.45, 2.75) is 26.0 Å². The van der Waals surface area contributed by atoms with E-state index < -0.39 is 0 Å². The van der Waals surface area contributed by atoms with E-state index in [1.54, 1.807) is 13.2 Å². The molecule has 0 aromatic heterocycles. The first kappa shape index (κ1) is 15.3. The van der Waals surface area contributed by atoms with Crippen LogP contribution in [0.25, 0.3) is 0 Å². The van der Waals surface area contributed by atoms with Crippen molar-refractivity contribution >= 4 is 0 Å². The van der Waals surface area contributed by atoms with Gasteiger partial charge in [-0.2, -0.15) is 0 Å². The van der Waals surface area contributed by atoms with Crippen LogP contribution in [0.15, 0.2) is 42.5 Å². The molecule has 0 fully saturated rings. The minimum atomic E-state index is -0.365. The van der Waals surface area contributed by atoms with Crippen molar-refractivity contribution in [2.24, 2.45) is 5.73 Å². The van der Waals surface area contributed by atoms with Crippen LogP contribution in [0.5, 0.6) is 11.5 Å². The van der Waals surface area contributed by atoms with Crippen LogP contribution >= 0.6 is 0 Å². The average molecular weight is 289 g/mol. The van der Waals surface area contributed by atoms with Gasteiger partial charge < -0.3 is 15.2 Å². The zero-order valence-corrected chi connectivity index (χ0v) is 12.3. The number of hydrogen-bond donors (Lipinski definition) is 1. The van der Waals surface area contributed by atoms with E-state index in [4.69, 9.17) is 15.2 Å². The van der Waals surface area contributed by atoms with Crippen LogP contribution in [-0.4, -0.2) is 13.2 Å². The first-order valence-electron chi connectivity index (χ1n) is 6.88. The Hall–Kier alpha value is -2.07. The molecule has 0 bridgehead atoms. The fourth-order valence-corrected chi connectivity index (χ4v) is 2.08. The van der Waals surface area contributed by atoms with Gasteiger partial charge in [0, 0.05) is 6.04 Å². The Morgan fingerprint density at radius 1 is 1.14 bits per heavy atom. The molecule has 2 aromatic rings. The predicted octanol–water partition coefficient (Wildman–Crippen LogP) is 3.30. The summed E-state index contributed by atoms with van der Waals surface area (Å²) in [5, 5.41) is 0. The molecular weight excluding hydrogens is 269 g/mol. The minimum absolute atomic E-state index is 0.00736. The van der Waals surface area contributed by atoms with E-state index in [-0.39, 0.29) is 17.6 Å². The van der Waals surface area contributed by atoms with Crippen molar-refractivity contribution < 1.29 is 13.9 Å². The van der Waals surface area contributed by atoms with Crippen molar-refractivity contribution in [1.82, 2.24) is 0 Å². The third-order valence-electron chi connectivity index (χ3n) is 3.08.